The standard InChI is InChI=1S/C12H14N4O4S/c13-5-6-15-11(17)12-16-7-10(20-12)8-1-3-9(4-2-8)21(14,18)19/h1-4,7H,5-6,13H2,(H,15,17)(H2,14,18,19). The average molecular weight is 310 g/mol. The van der Waals surface area contributed by atoms with Gasteiger partial charge in [0.05, 0.1) is 11.1 Å². The van der Waals surface area contributed by atoms with Crippen molar-refractivity contribution in [2.75, 3.05) is 13.1 Å². The van der Waals surface area contributed by atoms with Crippen LogP contribution in [0, 0.1) is 0 Å². The Morgan fingerprint density at radius 1 is 1.29 bits per heavy atom. The summed E-state index contributed by atoms with van der Waals surface area (Å²) in [4.78, 5) is 15.5. The number of oxazole rings is 1. The summed E-state index contributed by atoms with van der Waals surface area (Å²) in [7, 11) is -3.74. The highest BCUT2D eigenvalue weighted by Crippen LogP contribution is 2.21. The van der Waals surface area contributed by atoms with Crippen molar-refractivity contribution in [2.45, 2.75) is 4.90 Å². The molecular formula is C12H14N4O4S. The zero-order chi connectivity index (χ0) is 15.5. The second kappa shape index (κ2) is 6.04. The zero-order valence-corrected chi connectivity index (χ0v) is 11.8. The minimum absolute atomic E-state index is 0.00771. The first kappa shape index (κ1) is 15.2. The van der Waals surface area contributed by atoms with Crippen LogP contribution in [0.25, 0.3) is 11.3 Å². The Bertz CT molecular complexity index is 737. The normalized spacial score (nSPS) is 11.3. The van der Waals surface area contributed by atoms with Gasteiger partial charge in [-0.3, -0.25) is 4.79 Å². The molecule has 0 unspecified atom stereocenters. The molecule has 21 heavy (non-hydrogen) atoms. The van der Waals surface area contributed by atoms with Crippen LogP contribution in [0.3, 0.4) is 0 Å². The fraction of sp³-hybridized carbons (Fsp3) is 0.167. The number of aromatic nitrogens is 1. The summed E-state index contributed by atoms with van der Waals surface area (Å²) in [6, 6.07) is 5.73. The van der Waals surface area contributed by atoms with Gasteiger partial charge in [0, 0.05) is 18.7 Å². The Hall–Kier alpha value is -2.23. The van der Waals surface area contributed by atoms with Crippen molar-refractivity contribution in [1.29, 1.82) is 0 Å². The first-order valence-corrected chi connectivity index (χ1v) is 7.54. The molecule has 0 saturated heterocycles. The third-order valence-corrected chi connectivity index (χ3v) is 3.53. The van der Waals surface area contributed by atoms with E-state index in [9.17, 15) is 13.2 Å². The van der Waals surface area contributed by atoms with Gasteiger partial charge in [0.2, 0.25) is 10.0 Å². The maximum absolute atomic E-state index is 11.6. The van der Waals surface area contributed by atoms with Crippen LogP contribution in [-0.4, -0.2) is 32.4 Å². The molecule has 2 rings (SSSR count). The monoisotopic (exact) mass is 310 g/mol. The van der Waals surface area contributed by atoms with Gasteiger partial charge in [0.1, 0.15) is 0 Å². The summed E-state index contributed by atoms with van der Waals surface area (Å²) < 4.78 is 27.6. The molecule has 0 aliphatic carbocycles. The Labute approximate surface area is 121 Å². The molecule has 0 fully saturated rings. The van der Waals surface area contributed by atoms with E-state index < -0.39 is 15.9 Å². The van der Waals surface area contributed by atoms with Gasteiger partial charge < -0.3 is 15.5 Å². The molecule has 1 heterocycles. The number of hydrogen-bond donors (Lipinski definition) is 3. The summed E-state index contributed by atoms with van der Waals surface area (Å²) in [5.41, 5.74) is 5.85. The third kappa shape index (κ3) is 3.66. The molecule has 9 heteroatoms. The van der Waals surface area contributed by atoms with E-state index >= 15 is 0 Å². The summed E-state index contributed by atoms with van der Waals surface area (Å²) >= 11 is 0. The van der Waals surface area contributed by atoms with Crippen molar-refractivity contribution < 1.29 is 17.6 Å². The number of carbonyl (C=O) groups excluding carboxylic acids is 1. The summed E-state index contributed by atoms with van der Waals surface area (Å²) in [5.74, 6) is -0.212. The fourth-order valence-electron chi connectivity index (χ4n) is 1.58. The number of sulfonamides is 1. The highest BCUT2D eigenvalue weighted by atomic mass is 32.2. The van der Waals surface area contributed by atoms with Crippen LogP contribution in [-0.2, 0) is 10.0 Å². The molecule has 5 N–H and O–H groups in total. The minimum Gasteiger partial charge on any atom is -0.432 e. The minimum atomic E-state index is -3.74. The first-order valence-electron chi connectivity index (χ1n) is 5.99. The van der Waals surface area contributed by atoms with Crippen molar-refractivity contribution in [3.8, 4) is 11.3 Å². The molecule has 0 atom stereocenters. The number of hydrogen-bond acceptors (Lipinski definition) is 6. The summed E-state index contributed by atoms with van der Waals surface area (Å²) in [5, 5.41) is 7.54. The molecule has 0 saturated carbocycles. The van der Waals surface area contributed by atoms with Crippen molar-refractivity contribution in [3.63, 3.8) is 0 Å². The lowest BCUT2D eigenvalue weighted by atomic mass is 10.2. The zero-order valence-electron chi connectivity index (χ0n) is 10.9. The fourth-order valence-corrected chi connectivity index (χ4v) is 2.10. The summed E-state index contributed by atoms with van der Waals surface area (Å²) in [6.07, 6.45) is 1.38. The SMILES string of the molecule is NCCNC(=O)c1ncc(-c2ccc(S(N)(=O)=O)cc2)o1. The maximum atomic E-state index is 11.6. The van der Waals surface area contributed by atoms with Crippen LogP contribution >= 0.6 is 0 Å². The van der Waals surface area contributed by atoms with E-state index in [0.29, 0.717) is 24.4 Å². The van der Waals surface area contributed by atoms with Gasteiger partial charge in [-0.1, -0.05) is 0 Å². The average Bonchev–Trinajstić information content (AvgIpc) is 2.94. The smallest absolute Gasteiger partial charge is 0.307 e. The number of rotatable bonds is 5. The molecule has 0 aliphatic heterocycles. The summed E-state index contributed by atoms with van der Waals surface area (Å²) in [6.45, 7) is 0.633. The molecule has 1 aromatic carbocycles. The Morgan fingerprint density at radius 3 is 2.52 bits per heavy atom. The number of nitrogens with one attached hydrogen (secondary N) is 1. The number of carbonyl (C=O) groups is 1. The largest absolute Gasteiger partial charge is 0.432 e. The van der Waals surface area contributed by atoms with Crippen LogP contribution in [0.4, 0.5) is 0 Å². The van der Waals surface area contributed by atoms with Crippen LogP contribution in [0.1, 0.15) is 10.7 Å². The van der Waals surface area contributed by atoms with Crippen molar-refractivity contribution >= 4 is 15.9 Å². The molecule has 112 valence electrons. The van der Waals surface area contributed by atoms with Gasteiger partial charge in [-0.15, -0.1) is 0 Å². The molecule has 1 amide bonds. The molecule has 2 aromatic rings. The Morgan fingerprint density at radius 2 is 1.95 bits per heavy atom. The van der Waals surface area contributed by atoms with Crippen LogP contribution in [0.15, 0.2) is 39.8 Å². The number of nitrogens with two attached hydrogens (primary N) is 2. The second-order valence-corrected chi connectivity index (χ2v) is 5.71. The van der Waals surface area contributed by atoms with Crippen LogP contribution in [0.5, 0.6) is 0 Å². The van der Waals surface area contributed by atoms with E-state index in [-0.39, 0.29) is 10.8 Å². The molecule has 8 nitrogen and oxygen atoms in total. The van der Waals surface area contributed by atoms with E-state index in [1.54, 1.807) is 0 Å². The molecule has 1 aromatic heterocycles. The lowest BCUT2D eigenvalue weighted by Crippen LogP contribution is -2.29. The van der Waals surface area contributed by atoms with E-state index in [1.807, 2.05) is 0 Å². The van der Waals surface area contributed by atoms with Crippen molar-refractivity contribution in [1.82, 2.24) is 10.3 Å². The third-order valence-electron chi connectivity index (χ3n) is 2.60. The van der Waals surface area contributed by atoms with E-state index in [1.165, 1.54) is 30.5 Å². The van der Waals surface area contributed by atoms with Crippen molar-refractivity contribution in [2.24, 2.45) is 10.9 Å². The van der Waals surface area contributed by atoms with Gasteiger partial charge in [-0.25, -0.2) is 18.5 Å². The lowest BCUT2D eigenvalue weighted by molar-refractivity contribution is 0.0921. The van der Waals surface area contributed by atoms with E-state index in [4.69, 9.17) is 15.3 Å². The Balaban J connectivity index is 2.20. The number of primary sulfonamides is 1. The van der Waals surface area contributed by atoms with Crippen LogP contribution < -0.4 is 16.2 Å². The second-order valence-electron chi connectivity index (χ2n) is 4.14. The highest BCUT2D eigenvalue weighted by Gasteiger charge is 2.14. The Kier molecular flexibility index (Phi) is 4.36. The maximum Gasteiger partial charge on any atom is 0.307 e. The van der Waals surface area contributed by atoms with Crippen LogP contribution in [0.2, 0.25) is 0 Å². The van der Waals surface area contributed by atoms with E-state index in [2.05, 4.69) is 10.3 Å². The topological polar surface area (TPSA) is 141 Å². The number of benzene rings is 1. The van der Waals surface area contributed by atoms with Crippen molar-refractivity contribution in [3.05, 3.63) is 36.4 Å². The van der Waals surface area contributed by atoms with Gasteiger partial charge in [0.15, 0.2) is 5.76 Å². The molecule has 0 aliphatic rings. The van der Waals surface area contributed by atoms with Gasteiger partial charge in [0.25, 0.3) is 5.89 Å². The molecule has 0 bridgehead atoms. The first-order chi connectivity index (χ1) is 9.91. The van der Waals surface area contributed by atoms with Gasteiger partial charge in [-0.05, 0) is 24.3 Å². The molecular weight excluding hydrogens is 296 g/mol. The number of nitrogens with zero attached hydrogens (tertiary/aromatic N) is 1. The van der Waals surface area contributed by atoms with Gasteiger partial charge >= 0.3 is 5.91 Å². The highest BCUT2D eigenvalue weighted by molar-refractivity contribution is 7.89. The lowest BCUT2D eigenvalue weighted by Gasteiger charge is -2.00. The van der Waals surface area contributed by atoms with E-state index in [0.717, 1.165) is 0 Å². The predicted molar refractivity (Wildman–Crippen MR) is 74.7 cm³/mol. The molecule has 0 radical (unpaired) electrons. The number of amides is 1. The molecule has 0 spiro atoms. The predicted octanol–water partition coefficient (Wildman–Crippen LogP) is -0.323. The van der Waals surface area contributed by atoms with Gasteiger partial charge in [-0.2, -0.15) is 0 Å². The quantitative estimate of drug-likeness (QED) is 0.691.